The van der Waals surface area contributed by atoms with Gasteiger partial charge in [0.25, 0.3) is 0 Å². The maximum atomic E-state index is 12.4. The summed E-state index contributed by atoms with van der Waals surface area (Å²) in [6, 6.07) is 9.14. The van der Waals surface area contributed by atoms with E-state index in [2.05, 4.69) is 10.3 Å². The number of amides is 1. The van der Waals surface area contributed by atoms with Gasteiger partial charge in [-0.05, 0) is 25.5 Å². The Labute approximate surface area is 146 Å². The number of aryl methyl sites for hydroxylation is 1. The van der Waals surface area contributed by atoms with Crippen LogP contribution in [0.2, 0.25) is 0 Å². The van der Waals surface area contributed by atoms with E-state index < -0.39 is 12.0 Å². The first-order chi connectivity index (χ1) is 12.1. The van der Waals surface area contributed by atoms with Crippen molar-refractivity contribution in [2.45, 2.75) is 25.9 Å². The zero-order valence-corrected chi connectivity index (χ0v) is 14.2. The number of aromatic nitrogens is 2. The number of benzene rings is 1. The molecule has 3 N–H and O–H groups in total. The first-order valence-corrected chi connectivity index (χ1v) is 8.48. The monoisotopic (exact) mass is 338 g/mol. The molecule has 0 bridgehead atoms. The van der Waals surface area contributed by atoms with Crippen LogP contribution >= 0.6 is 0 Å². The van der Waals surface area contributed by atoms with Gasteiger partial charge >= 0.3 is 0 Å². The minimum Gasteiger partial charge on any atom is -0.355 e. The van der Waals surface area contributed by atoms with Gasteiger partial charge in [-0.2, -0.15) is 0 Å². The smallest absolute Gasteiger partial charge is 0.237 e. The Balaban J connectivity index is 1.79. The molecule has 6 nitrogen and oxygen atoms in total. The van der Waals surface area contributed by atoms with Crippen LogP contribution in [-0.4, -0.2) is 33.8 Å². The van der Waals surface area contributed by atoms with Gasteiger partial charge in [0.05, 0.1) is 11.7 Å². The highest BCUT2D eigenvalue weighted by atomic mass is 16.2. The fourth-order valence-electron chi connectivity index (χ4n) is 3.02. The maximum Gasteiger partial charge on any atom is 0.237 e. The number of hydrogen-bond donors (Lipinski definition) is 2. The van der Waals surface area contributed by atoms with E-state index in [-0.39, 0.29) is 11.7 Å². The number of rotatable bonds is 5. The predicted molar refractivity (Wildman–Crippen MR) is 96.5 cm³/mol. The number of piperidine rings is 1. The predicted octanol–water partition coefficient (Wildman–Crippen LogP) is 1.62. The van der Waals surface area contributed by atoms with E-state index in [1.165, 1.54) is 6.08 Å². The van der Waals surface area contributed by atoms with Crippen molar-refractivity contribution in [1.82, 2.24) is 14.9 Å². The normalized spacial score (nSPS) is 20.6. The Morgan fingerprint density at radius 3 is 2.88 bits per heavy atom. The molecular weight excluding hydrogens is 316 g/mol. The molecule has 3 rings (SSSR count). The third-order valence-corrected chi connectivity index (χ3v) is 4.44. The molecule has 1 aliphatic heterocycles. The van der Waals surface area contributed by atoms with Gasteiger partial charge in [-0.25, -0.2) is 4.98 Å². The molecule has 6 heteroatoms. The second-order valence-corrected chi connectivity index (χ2v) is 6.09. The van der Waals surface area contributed by atoms with Gasteiger partial charge in [0, 0.05) is 30.8 Å². The highest BCUT2D eigenvalue weighted by molar-refractivity contribution is 6.00. The van der Waals surface area contributed by atoms with Crippen LogP contribution in [0.3, 0.4) is 0 Å². The fraction of sp³-hybridized carbons (Fsp3) is 0.316. The summed E-state index contributed by atoms with van der Waals surface area (Å²) < 4.78 is 2.04. The molecule has 1 aromatic carbocycles. The first kappa shape index (κ1) is 17.1. The largest absolute Gasteiger partial charge is 0.355 e. The van der Waals surface area contributed by atoms with Gasteiger partial charge in [0.15, 0.2) is 5.78 Å². The van der Waals surface area contributed by atoms with Gasteiger partial charge in [0.2, 0.25) is 5.91 Å². The molecule has 2 heterocycles. The third kappa shape index (κ3) is 3.69. The topological polar surface area (TPSA) is 90.0 Å². The molecule has 0 radical (unpaired) electrons. The molecule has 130 valence electrons. The molecule has 1 amide bonds. The Morgan fingerprint density at radius 2 is 2.16 bits per heavy atom. The lowest BCUT2D eigenvalue weighted by Crippen LogP contribution is -2.53. The molecule has 0 aliphatic carbocycles. The Bertz CT molecular complexity index is 795. The summed E-state index contributed by atoms with van der Waals surface area (Å²) in [5.41, 5.74) is 7.57. The van der Waals surface area contributed by atoms with Crippen LogP contribution in [0, 0.1) is 5.92 Å². The molecular formula is C19H22N4O2. The summed E-state index contributed by atoms with van der Waals surface area (Å²) in [7, 11) is 0. The summed E-state index contributed by atoms with van der Waals surface area (Å²) in [5, 5.41) is 2.67. The van der Waals surface area contributed by atoms with E-state index in [0.717, 1.165) is 17.9 Å². The van der Waals surface area contributed by atoms with E-state index in [0.29, 0.717) is 18.7 Å². The lowest BCUT2D eigenvalue weighted by molar-refractivity contribution is -0.130. The van der Waals surface area contributed by atoms with Crippen molar-refractivity contribution < 1.29 is 9.59 Å². The number of ketones is 1. The number of nitrogens with one attached hydrogen (secondary N) is 1. The molecule has 2 unspecified atom stereocenters. The Hall–Kier alpha value is -2.73. The average molecular weight is 338 g/mol. The van der Waals surface area contributed by atoms with Crippen molar-refractivity contribution in [3.63, 3.8) is 0 Å². The van der Waals surface area contributed by atoms with Crippen LogP contribution in [0.5, 0.6) is 0 Å². The van der Waals surface area contributed by atoms with Crippen LogP contribution in [0.1, 0.15) is 19.0 Å². The Morgan fingerprint density at radius 1 is 1.40 bits per heavy atom. The van der Waals surface area contributed by atoms with Crippen molar-refractivity contribution in [2.75, 3.05) is 6.54 Å². The highest BCUT2D eigenvalue weighted by Gasteiger charge is 2.32. The number of carbonyl (C=O) groups excluding carboxylic acids is 2. The quantitative estimate of drug-likeness (QED) is 0.811. The molecule has 2 aromatic rings. The van der Waals surface area contributed by atoms with E-state index in [9.17, 15) is 9.59 Å². The minimum atomic E-state index is -0.779. The number of imidazole rings is 1. The first-order valence-electron chi connectivity index (χ1n) is 8.48. The van der Waals surface area contributed by atoms with Gasteiger partial charge in [-0.3, -0.25) is 9.59 Å². The molecule has 1 fully saturated rings. The Kier molecular flexibility index (Phi) is 5.09. The molecule has 2 atom stereocenters. The van der Waals surface area contributed by atoms with Crippen LogP contribution < -0.4 is 11.1 Å². The second kappa shape index (κ2) is 7.44. The van der Waals surface area contributed by atoms with Crippen molar-refractivity contribution >= 4 is 17.8 Å². The van der Waals surface area contributed by atoms with Crippen LogP contribution in [0.4, 0.5) is 0 Å². The van der Waals surface area contributed by atoms with Crippen molar-refractivity contribution in [2.24, 2.45) is 11.7 Å². The summed E-state index contributed by atoms with van der Waals surface area (Å²) in [6.07, 6.45) is 5.66. The molecule has 1 aliphatic rings. The van der Waals surface area contributed by atoms with Gasteiger partial charge in [-0.1, -0.05) is 30.3 Å². The maximum absolute atomic E-state index is 12.4. The zero-order chi connectivity index (χ0) is 17.8. The summed E-state index contributed by atoms with van der Waals surface area (Å²) in [5.74, 6) is 0.00471. The van der Waals surface area contributed by atoms with Crippen LogP contribution in [0.15, 0.2) is 42.6 Å². The number of allylic oxidation sites excluding steroid dienone is 1. The molecule has 1 aromatic heterocycles. The van der Waals surface area contributed by atoms with E-state index >= 15 is 0 Å². The molecule has 25 heavy (non-hydrogen) atoms. The van der Waals surface area contributed by atoms with Crippen molar-refractivity contribution in [3.05, 3.63) is 48.3 Å². The molecule has 0 spiro atoms. The standard InChI is InChI=1S/C19H22N4O2/c1-2-23-12-14(22-18(23)13-6-4-3-5-7-13)8-9-16(24)15-10-11-21-19(25)17(15)20/h3-9,12,15,17H,2,10-11,20H2,1H3,(H,21,25). The molecule has 0 saturated carbocycles. The lowest BCUT2D eigenvalue weighted by atomic mass is 9.88. The van der Waals surface area contributed by atoms with Crippen molar-refractivity contribution in [1.29, 1.82) is 0 Å². The number of carbonyl (C=O) groups is 2. The average Bonchev–Trinajstić information content (AvgIpc) is 3.06. The van der Waals surface area contributed by atoms with E-state index in [1.54, 1.807) is 6.08 Å². The van der Waals surface area contributed by atoms with E-state index in [4.69, 9.17) is 5.73 Å². The summed E-state index contributed by atoms with van der Waals surface area (Å²) >= 11 is 0. The second-order valence-electron chi connectivity index (χ2n) is 6.09. The minimum absolute atomic E-state index is 0.130. The van der Waals surface area contributed by atoms with Gasteiger partial charge in [0.1, 0.15) is 5.82 Å². The third-order valence-electron chi connectivity index (χ3n) is 4.44. The van der Waals surface area contributed by atoms with Crippen molar-refractivity contribution in [3.8, 4) is 11.4 Å². The fourth-order valence-corrected chi connectivity index (χ4v) is 3.02. The molecule has 1 saturated heterocycles. The summed E-state index contributed by atoms with van der Waals surface area (Å²) in [4.78, 5) is 28.6. The zero-order valence-electron chi connectivity index (χ0n) is 14.2. The summed E-state index contributed by atoms with van der Waals surface area (Å²) in [6.45, 7) is 3.32. The van der Waals surface area contributed by atoms with Gasteiger partial charge < -0.3 is 15.6 Å². The number of nitrogens with zero attached hydrogens (tertiary/aromatic N) is 2. The van der Waals surface area contributed by atoms with Crippen LogP contribution in [-0.2, 0) is 16.1 Å². The SMILES string of the molecule is CCn1cc(C=CC(=O)C2CCNC(=O)C2N)nc1-c1ccccc1. The van der Waals surface area contributed by atoms with Crippen LogP contribution in [0.25, 0.3) is 17.5 Å². The highest BCUT2D eigenvalue weighted by Crippen LogP contribution is 2.20. The van der Waals surface area contributed by atoms with Gasteiger partial charge in [-0.15, -0.1) is 0 Å². The number of hydrogen-bond acceptors (Lipinski definition) is 4. The van der Waals surface area contributed by atoms with E-state index in [1.807, 2.05) is 48.0 Å². The lowest BCUT2D eigenvalue weighted by Gasteiger charge is -2.26. The number of nitrogens with two attached hydrogens (primary N) is 1.